The van der Waals surface area contributed by atoms with E-state index in [1.807, 2.05) is 36.5 Å². The first kappa shape index (κ1) is 23.4. The lowest BCUT2D eigenvalue weighted by Crippen LogP contribution is -2.47. The zero-order valence-electron chi connectivity index (χ0n) is 19.3. The average Bonchev–Trinajstić information content (AvgIpc) is 3.16. The topological polar surface area (TPSA) is 81.9 Å². The Kier molecular flexibility index (Phi) is 7.11. The van der Waals surface area contributed by atoms with Crippen LogP contribution in [0.2, 0.25) is 0 Å². The number of likely N-dealkylation sites (tertiary alicyclic amines) is 1. The number of hydrogen-bond acceptors (Lipinski definition) is 5. The molecule has 1 aliphatic carbocycles. The minimum atomic E-state index is 0.0703. The molecule has 2 N–H and O–H groups in total. The van der Waals surface area contributed by atoms with Crippen molar-refractivity contribution in [2.24, 2.45) is 4.99 Å². The molecule has 7 nitrogen and oxygen atoms in total. The maximum absolute atomic E-state index is 9.25. The molecule has 4 rings (SSSR count). The first-order chi connectivity index (χ1) is 16.0. The molecule has 2 aliphatic rings. The molecule has 33 heavy (non-hydrogen) atoms. The van der Waals surface area contributed by atoms with Crippen LogP contribution >= 0.6 is 15.9 Å². The van der Waals surface area contributed by atoms with E-state index < -0.39 is 0 Å². The molecular weight excluding hydrogens is 482 g/mol. The summed E-state index contributed by atoms with van der Waals surface area (Å²) in [4.78, 5) is 7.37. The van der Waals surface area contributed by atoms with Crippen LogP contribution in [0, 0.1) is 11.5 Å². The molecule has 8 heteroatoms. The van der Waals surface area contributed by atoms with E-state index in [2.05, 4.69) is 50.6 Å². The van der Waals surface area contributed by atoms with Crippen LogP contribution in [0.25, 0.3) is 0 Å². The van der Waals surface area contributed by atoms with Crippen molar-refractivity contribution in [1.82, 2.24) is 10.2 Å². The van der Waals surface area contributed by atoms with Crippen molar-refractivity contribution in [1.29, 1.82) is 5.26 Å². The van der Waals surface area contributed by atoms with Gasteiger partial charge in [0.05, 0.1) is 20.3 Å². The number of fused-ring (bicyclic) bond motifs is 1. The molecule has 3 unspecified atom stereocenters. The highest BCUT2D eigenvalue weighted by molar-refractivity contribution is 9.10. The monoisotopic (exact) mass is 511 g/mol. The molecule has 0 amide bonds. The summed E-state index contributed by atoms with van der Waals surface area (Å²) >= 11 is 3.49. The SMILES string of the molecule is COc1ccc(C23CCC(N=C(NC#N)Nc4cccc(Br)c4)CC2N(C)CC3)cc1OC. The molecule has 1 heterocycles. The summed E-state index contributed by atoms with van der Waals surface area (Å²) < 4.78 is 12.0. The molecule has 2 aromatic carbocycles. The molecule has 2 fully saturated rings. The number of nitriles is 1. The lowest BCUT2D eigenvalue weighted by atomic mass is 9.65. The van der Waals surface area contributed by atoms with Gasteiger partial charge in [-0.1, -0.05) is 28.1 Å². The first-order valence-corrected chi connectivity index (χ1v) is 12.0. The molecular formula is C25H30BrN5O2. The predicted molar refractivity (Wildman–Crippen MR) is 134 cm³/mol. The van der Waals surface area contributed by atoms with E-state index in [1.165, 1.54) is 5.56 Å². The van der Waals surface area contributed by atoms with Crippen LogP contribution in [-0.2, 0) is 5.41 Å². The van der Waals surface area contributed by atoms with Crippen LogP contribution in [0.3, 0.4) is 0 Å². The number of rotatable bonds is 5. The van der Waals surface area contributed by atoms with Crippen molar-refractivity contribution < 1.29 is 9.47 Å². The molecule has 1 aliphatic heterocycles. The number of aliphatic imine (C=N–C) groups is 1. The predicted octanol–water partition coefficient (Wildman–Crippen LogP) is 4.50. The smallest absolute Gasteiger partial charge is 0.209 e. The number of anilines is 1. The summed E-state index contributed by atoms with van der Waals surface area (Å²) in [7, 11) is 5.55. The van der Waals surface area contributed by atoms with E-state index in [4.69, 9.17) is 14.5 Å². The zero-order chi connectivity index (χ0) is 23.4. The van der Waals surface area contributed by atoms with Gasteiger partial charge >= 0.3 is 0 Å². The highest BCUT2D eigenvalue weighted by Crippen LogP contribution is 2.50. The molecule has 1 saturated carbocycles. The third kappa shape index (κ3) is 4.80. The Morgan fingerprint density at radius 2 is 2.00 bits per heavy atom. The third-order valence-corrected chi connectivity index (χ3v) is 7.52. The molecule has 174 valence electrons. The van der Waals surface area contributed by atoms with Crippen molar-refractivity contribution in [3.63, 3.8) is 0 Å². The third-order valence-electron chi connectivity index (χ3n) is 7.03. The second-order valence-corrected chi connectivity index (χ2v) is 9.67. The molecule has 0 spiro atoms. The zero-order valence-corrected chi connectivity index (χ0v) is 20.9. The van der Waals surface area contributed by atoms with Gasteiger partial charge in [-0.3, -0.25) is 5.32 Å². The van der Waals surface area contributed by atoms with Crippen molar-refractivity contribution in [2.75, 3.05) is 33.1 Å². The quantitative estimate of drug-likeness (QED) is 0.266. The summed E-state index contributed by atoms with van der Waals surface area (Å²) in [6.07, 6.45) is 6.04. The average molecular weight is 512 g/mol. The number of nitrogens with zero attached hydrogens (tertiary/aromatic N) is 3. The van der Waals surface area contributed by atoms with Crippen LogP contribution in [0.15, 0.2) is 51.9 Å². The molecule has 2 aromatic rings. The minimum absolute atomic E-state index is 0.0703. The fourth-order valence-corrected chi connectivity index (χ4v) is 5.79. The molecule has 1 saturated heterocycles. The number of ether oxygens (including phenoxy) is 2. The highest BCUT2D eigenvalue weighted by Gasteiger charge is 2.50. The van der Waals surface area contributed by atoms with E-state index in [0.717, 1.165) is 53.9 Å². The van der Waals surface area contributed by atoms with E-state index in [0.29, 0.717) is 12.0 Å². The Labute approximate surface area is 203 Å². The Balaban J connectivity index is 1.58. The van der Waals surface area contributed by atoms with Crippen molar-refractivity contribution in [3.8, 4) is 17.7 Å². The minimum Gasteiger partial charge on any atom is -0.493 e. The second kappa shape index (κ2) is 10.0. The first-order valence-electron chi connectivity index (χ1n) is 11.2. The van der Waals surface area contributed by atoms with Gasteiger partial charge in [0.15, 0.2) is 17.7 Å². The van der Waals surface area contributed by atoms with E-state index in [-0.39, 0.29) is 11.5 Å². The Bertz CT molecular complexity index is 1070. The highest BCUT2D eigenvalue weighted by atomic mass is 79.9. The van der Waals surface area contributed by atoms with Gasteiger partial charge in [0.2, 0.25) is 5.96 Å². The van der Waals surface area contributed by atoms with Crippen molar-refractivity contribution in [2.45, 2.75) is 43.2 Å². The maximum atomic E-state index is 9.25. The maximum Gasteiger partial charge on any atom is 0.209 e. The van der Waals surface area contributed by atoms with Crippen LogP contribution in [0.1, 0.15) is 31.2 Å². The van der Waals surface area contributed by atoms with Gasteiger partial charge in [-0.15, -0.1) is 0 Å². The van der Waals surface area contributed by atoms with Crippen LogP contribution in [0.4, 0.5) is 5.69 Å². The fraction of sp³-hybridized carbons (Fsp3) is 0.440. The van der Waals surface area contributed by atoms with Crippen LogP contribution in [-0.4, -0.2) is 50.8 Å². The number of hydrogen-bond donors (Lipinski definition) is 2. The number of methoxy groups -OCH3 is 2. The lowest BCUT2D eigenvalue weighted by molar-refractivity contribution is 0.168. The fourth-order valence-electron chi connectivity index (χ4n) is 5.40. The van der Waals surface area contributed by atoms with Gasteiger partial charge in [0, 0.05) is 21.6 Å². The second-order valence-electron chi connectivity index (χ2n) is 8.75. The van der Waals surface area contributed by atoms with Crippen LogP contribution in [0.5, 0.6) is 11.5 Å². The summed E-state index contributed by atoms with van der Waals surface area (Å²) in [6, 6.07) is 14.7. The summed E-state index contributed by atoms with van der Waals surface area (Å²) in [5.74, 6) is 2.01. The number of guanidine groups is 1. The lowest BCUT2D eigenvalue weighted by Gasteiger charge is -2.44. The summed E-state index contributed by atoms with van der Waals surface area (Å²) in [6.45, 7) is 1.05. The molecule has 0 radical (unpaired) electrons. The Morgan fingerprint density at radius 1 is 1.18 bits per heavy atom. The van der Waals surface area contributed by atoms with Crippen LogP contribution < -0.4 is 20.1 Å². The number of benzene rings is 2. The summed E-state index contributed by atoms with van der Waals surface area (Å²) in [5.41, 5.74) is 2.25. The largest absolute Gasteiger partial charge is 0.493 e. The molecule has 0 bridgehead atoms. The van der Waals surface area contributed by atoms with E-state index in [1.54, 1.807) is 14.2 Å². The van der Waals surface area contributed by atoms with Gasteiger partial charge < -0.3 is 19.7 Å². The van der Waals surface area contributed by atoms with Gasteiger partial charge in [0.1, 0.15) is 0 Å². The standard InChI is InChI=1S/C25H30BrN5O2/c1-31-12-11-25(17-7-8-21(32-2)22(13-17)33-3)10-9-20(15-23(25)31)30-24(28-16-27)29-19-6-4-5-18(26)14-19/h4-8,13-14,20,23H,9-12,15H2,1-3H3,(H2,28,29,30). The number of likely N-dealkylation sites (N-methyl/N-ethyl adjacent to an activating group) is 1. The molecule has 3 atom stereocenters. The van der Waals surface area contributed by atoms with Gasteiger partial charge in [-0.05, 0) is 75.2 Å². The van der Waals surface area contributed by atoms with Crippen molar-refractivity contribution in [3.05, 3.63) is 52.5 Å². The Morgan fingerprint density at radius 3 is 2.73 bits per heavy atom. The van der Waals surface area contributed by atoms with Gasteiger partial charge in [-0.25, -0.2) is 4.99 Å². The Hall–Kier alpha value is -2.76. The van der Waals surface area contributed by atoms with E-state index >= 15 is 0 Å². The van der Waals surface area contributed by atoms with E-state index in [9.17, 15) is 5.26 Å². The summed E-state index contributed by atoms with van der Waals surface area (Å²) in [5, 5.41) is 15.2. The number of nitrogens with one attached hydrogen (secondary N) is 2. The van der Waals surface area contributed by atoms with Gasteiger partial charge in [-0.2, -0.15) is 5.26 Å². The van der Waals surface area contributed by atoms with Crippen molar-refractivity contribution >= 4 is 27.6 Å². The normalized spacial score (nSPS) is 25.1. The number of halogens is 1. The van der Waals surface area contributed by atoms with Gasteiger partial charge in [0.25, 0.3) is 0 Å². The molecule has 0 aromatic heterocycles.